The molecule has 1 aliphatic rings. The summed E-state index contributed by atoms with van der Waals surface area (Å²) in [4.78, 5) is 13.1. The smallest absolute Gasteiger partial charge is 0.220 e. The summed E-state index contributed by atoms with van der Waals surface area (Å²) in [6.45, 7) is 3.80. The highest BCUT2D eigenvalue weighted by atomic mass is 16.7. The number of carbonyl (C=O) groups excluding carboxylic acids is 1. The predicted molar refractivity (Wildman–Crippen MR) is 327 cm³/mol. The fourth-order valence-corrected chi connectivity index (χ4v) is 10.6. The number of hydrogen-bond donors (Lipinski definition) is 6. The van der Waals surface area contributed by atoms with Gasteiger partial charge in [-0.25, -0.2) is 0 Å². The van der Waals surface area contributed by atoms with E-state index in [0.717, 1.165) is 44.9 Å². The fourth-order valence-electron chi connectivity index (χ4n) is 10.6. The van der Waals surface area contributed by atoms with Crippen molar-refractivity contribution < 1.29 is 39.8 Å². The molecule has 9 heteroatoms. The summed E-state index contributed by atoms with van der Waals surface area (Å²) in [5.74, 6) is -0.186. The van der Waals surface area contributed by atoms with Gasteiger partial charge in [0.25, 0.3) is 0 Å². The van der Waals surface area contributed by atoms with Crippen LogP contribution in [0.15, 0.2) is 48.6 Å². The van der Waals surface area contributed by atoms with E-state index in [1.54, 1.807) is 6.08 Å². The van der Waals surface area contributed by atoms with Crippen molar-refractivity contribution in [2.24, 2.45) is 0 Å². The Kier molecular flexibility index (Phi) is 54.5. The first kappa shape index (κ1) is 73.2. The van der Waals surface area contributed by atoms with Crippen LogP contribution in [-0.4, -0.2) is 87.5 Å². The van der Waals surface area contributed by atoms with Crippen LogP contribution in [0.3, 0.4) is 0 Å². The van der Waals surface area contributed by atoms with Gasteiger partial charge in [-0.1, -0.05) is 294 Å². The predicted octanol–water partition coefficient (Wildman–Crippen LogP) is 17.6. The summed E-state index contributed by atoms with van der Waals surface area (Å²) in [6, 6.07) is -0.829. The highest BCUT2D eigenvalue weighted by Gasteiger charge is 2.44. The maximum Gasteiger partial charge on any atom is 0.220 e. The molecule has 1 saturated heterocycles. The third-order valence-corrected chi connectivity index (χ3v) is 15.9. The molecule has 1 amide bonds. The topological polar surface area (TPSA) is 149 Å². The number of amides is 1. The van der Waals surface area contributed by atoms with E-state index < -0.39 is 49.5 Å². The van der Waals surface area contributed by atoms with E-state index in [9.17, 15) is 30.3 Å². The second-order valence-electron chi connectivity index (χ2n) is 23.2. The van der Waals surface area contributed by atoms with Gasteiger partial charge < -0.3 is 40.3 Å². The molecule has 9 nitrogen and oxygen atoms in total. The number of rotatable bonds is 58. The lowest BCUT2D eigenvalue weighted by molar-refractivity contribution is -0.302. The van der Waals surface area contributed by atoms with Gasteiger partial charge in [-0.3, -0.25) is 4.79 Å². The third-order valence-electron chi connectivity index (χ3n) is 15.9. The average Bonchev–Trinajstić information content (AvgIpc) is 3.43. The molecule has 0 aromatic carbocycles. The standard InChI is InChI=1S/C68H127NO8/c1-3-5-7-9-11-13-15-17-19-21-23-25-27-28-29-30-31-32-33-34-36-38-40-42-44-46-48-50-52-54-56-58-64(72)69-61(60-76-68-67(75)66(74)65(73)63(59-70)77-68)62(71)57-55-53-51-49-47-45-43-41-39-37-35-26-24-22-20-18-16-14-12-10-8-6-4-2/h21,23,39,41,47,49,55,57,61-63,65-68,70-71,73-75H,3-20,22,24-38,40,42-46,48,50-54,56,58-60H2,1-2H3,(H,69,72)/b23-21-,41-39+,49-47+,57-55+. The molecule has 0 aliphatic carbocycles. The summed E-state index contributed by atoms with van der Waals surface area (Å²) >= 11 is 0. The molecular weight excluding hydrogens is 959 g/mol. The molecule has 0 spiro atoms. The number of nitrogens with one attached hydrogen (secondary N) is 1. The monoisotopic (exact) mass is 1090 g/mol. The van der Waals surface area contributed by atoms with E-state index in [1.807, 2.05) is 6.08 Å². The zero-order chi connectivity index (χ0) is 55.8. The van der Waals surface area contributed by atoms with Crippen molar-refractivity contribution in [3.05, 3.63) is 48.6 Å². The van der Waals surface area contributed by atoms with Gasteiger partial charge >= 0.3 is 0 Å². The van der Waals surface area contributed by atoms with Crippen LogP contribution in [-0.2, 0) is 14.3 Å². The quantitative estimate of drug-likeness (QED) is 0.0261. The first-order valence-electron chi connectivity index (χ1n) is 33.4. The third kappa shape index (κ3) is 46.5. The summed E-state index contributed by atoms with van der Waals surface area (Å²) in [7, 11) is 0. The van der Waals surface area contributed by atoms with E-state index >= 15 is 0 Å². The summed E-state index contributed by atoms with van der Waals surface area (Å²) in [6.07, 6.45) is 70.7. The molecule has 1 fully saturated rings. The summed E-state index contributed by atoms with van der Waals surface area (Å²) in [5.41, 5.74) is 0. The van der Waals surface area contributed by atoms with Gasteiger partial charge in [-0.15, -0.1) is 0 Å². The molecule has 0 aromatic rings. The van der Waals surface area contributed by atoms with Gasteiger partial charge in [0, 0.05) is 6.42 Å². The zero-order valence-electron chi connectivity index (χ0n) is 50.5. The van der Waals surface area contributed by atoms with E-state index in [4.69, 9.17) is 9.47 Å². The minimum atomic E-state index is -1.58. The molecule has 7 atom stereocenters. The molecule has 452 valence electrons. The van der Waals surface area contributed by atoms with E-state index in [2.05, 4.69) is 55.6 Å². The average molecular weight is 1090 g/mol. The highest BCUT2D eigenvalue weighted by Crippen LogP contribution is 2.23. The van der Waals surface area contributed by atoms with Crippen LogP contribution < -0.4 is 5.32 Å². The SMILES string of the molecule is CCCCCCCCCC/C=C\CCCCCCCCCCCCCCCCCCCCCC(=O)NC(COC1OC(CO)C(O)C(O)C1O)C(O)/C=C/CC/C=C/CC/C=C/CCCCCCCCCCCCCCC. The lowest BCUT2D eigenvalue weighted by atomic mass is 9.99. The number of unbranched alkanes of at least 4 members (excludes halogenated alkanes) is 42. The minimum Gasteiger partial charge on any atom is -0.394 e. The second kappa shape index (κ2) is 57.4. The van der Waals surface area contributed by atoms with Crippen molar-refractivity contribution in [2.45, 2.75) is 365 Å². The van der Waals surface area contributed by atoms with Gasteiger partial charge in [0.05, 0.1) is 25.4 Å². The van der Waals surface area contributed by atoms with Crippen molar-refractivity contribution in [1.82, 2.24) is 5.32 Å². The Morgan fingerprint density at radius 1 is 0.429 bits per heavy atom. The van der Waals surface area contributed by atoms with Crippen molar-refractivity contribution in [1.29, 1.82) is 0 Å². The lowest BCUT2D eigenvalue weighted by Gasteiger charge is -2.40. The maximum absolute atomic E-state index is 13.1. The fraction of sp³-hybridized carbons (Fsp3) is 0.868. The molecule has 0 saturated carbocycles. The Labute approximate surface area is 475 Å². The van der Waals surface area contributed by atoms with Crippen molar-refractivity contribution >= 4 is 5.91 Å². The number of carbonyl (C=O) groups is 1. The first-order chi connectivity index (χ1) is 37.8. The maximum atomic E-state index is 13.1. The van der Waals surface area contributed by atoms with Crippen LogP contribution in [0.5, 0.6) is 0 Å². The van der Waals surface area contributed by atoms with E-state index in [0.29, 0.717) is 6.42 Å². The van der Waals surface area contributed by atoms with Gasteiger partial charge in [-0.05, 0) is 70.6 Å². The Bertz CT molecular complexity index is 1350. The molecule has 0 radical (unpaired) electrons. The van der Waals surface area contributed by atoms with Gasteiger partial charge in [0.2, 0.25) is 5.91 Å². The Hall–Kier alpha value is -1.85. The molecule has 1 heterocycles. The normalized spacial score (nSPS) is 19.0. The van der Waals surface area contributed by atoms with Gasteiger partial charge in [0.1, 0.15) is 24.4 Å². The van der Waals surface area contributed by atoms with Gasteiger partial charge in [-0.2, -0.15) is 0 Å². The molecule has 6 N–H and O–H groups in total. The summed E-state index contributed by atoms with van der Waals surface area (Å²) in [5, 5.41) is 54.6. The number of allylic oxidation sites excluding steroid dienone is 7. The van der Waals surface area contributed by atoms with Crippen LogP contribution >= 0.6 is 0 Å². The van der Waals surface area contributed by atoms with Crippen LogP contribution in [0.2, 0.25) is 0 Å². The molecule has 0 aromatic heterocycles. The van der Waals surface area contributed by atoms with Crippen LogP contribution in [0.1, 0.15) is 322 Å². The largest absolute Gasteiger partial charge is 0.394 e. The van der Waals surface area contributed by atoms with Crippen molar-refractivity contribution in [2.75, 3.05) is 13.2 Å². The molecule has 0 bridgehead atoms. The summed E-state index contributed by atoms with van der Waals surface area (Å²) < 4.78 is 11.3. The highest BCUT2D eigenvalue weighted by molar-refractivity contribution is 5.76. The van der Waals surface area contributed by atoms with Gasteiger partial charge in [0.15, 0.2) is 6.29 Å². The molecule has 7 unspecified atom stereocenters. The Morgan fingerprint density at radius 3 is 1.09 bits per heavy atom. The molecule has 1 aliphatic heterocycles. The zero-order valence-corrected chi connectivity index (χ0v) is 50.5. The van der Waals surface area contributed by atoms with Crippen LogP contribution in [0, 0.1) is 0 Å². The van der Waals surface area contributed by atoms with Crippen LogP contribution in [0.25, 0.3) is 0 Å². The molecule has 1 rings (SSSR count). The van der Waals surface area contributed by atoms with E-state index in [1.165, 1.54) is 257 Å². The Morgan fingerprint density at radius 2 is 0.740 bits per heavy atom. The first-order valence-corrected chi connectivity index (χ1v) is 33.4. The minimum absolute atomic E-state index is 0.186. The molecule has 77 heavy (non-hydrogen) atoms. The Balaban J connectivity index is 2.16. The number of ether oxygens (including phenoxy) is 2. The van der Waals surface area contributed by atoms with E-state index in [-0.39, 0.29) is 12.5 Å². The lowest BCUT2D eigenvalue weighted by Crippen LogP contribution is -2.60. The number of hydrogen-bond acceptors (Lipinski definition) is 8. The van der Waals surface area contributed by atoms with Crippen molar-refractivity contribution in [3.8, 4) is 0 Å². The number of aliphatic hydroxyl groups excluding tert-OH is 5. The van der Waals surface area contributed by atoms with Crippen molar-refractivity contribution in [3.63, 3.8) is 0 Å². The van der Waals surface area contributed by atoms with Crippen LogP contribution in [0.4, 0.5) is 0 Å². The number of aliphatic hydroxyl groups is 5. The molecular formula is C68H127NO8. The second-order valence-corrected chi connectivity index (χ2v) is 23.2.